The first-order valence-corrected chi connectivity index (χ1v) is 9.86. The number of esters is 1. The topological polar surface area (TPSA) is 107 Å². The molecule has 142 valence electrons. The minimum Gasteiger partial charge on any atom is -0.456 e. The van der Waals surface area contributed by atoms with Crippen molar-refractivity contribution in [2.45, 2.75) is 32.2 Å². The number of rotatable bonds is 6. The van der Waals surface area contributed by atoms with Crippen molar-refractivity contribution in [1.29, 1.82) is 0 Å². The largest absolute Gasteiger partial charge is 0.456 e. The number of nitrogens with zero attached hydrogens (tertiary/aromatic N) is 2. The molecule has 1 aromatic rings. The number of amides is 1. The van der Waals surface area contributed by atoms with E-state index >= 15 is 0 Å². The molecule has 2 atom stereocenters. The number of benzene rings is 1. The van der Waals surface area contributed by atoms with E-state index in [-0.39, 0.29) is 40.3 Å². The molecule has 27 heavy (non-hydrogen) atoms. The van der Waals surface area contributed by atoms with Gasteiger partial charge >= 0.3 is 5.97 Å². The Morgan fingerprint density at radius 3 is 2.56 bits per heavy atom. The summed E-state index contributed by atoms with van der Waals surface area (Å²) in [4.78, 5) is 48.0. The molecule has 2 heterocycles. The third kappa shape index (κ3) is 3.72. The molecule has 0 radical (unpaired) electrons. The van der Waals surface area contributed by atoms with Gasteiger partial charge in [0, 0.05) is 19.1 Å². The van der Waals surface area contributed by atoms with Crippen LogP contribution in [0.5, 0.6) is 0 Å². The highest BCUT2D eigenvalue weighted by atomic mass is 32.2. The molecule has 2 aliphatic rings. The fourth-order valence-electron chi connectivity index (χ4n) is 2.85. The molecule has 1 saturated heterocycles. The molecule has 2 aliphatic heterocycles. The number of carbonyl (C=O) groups excluding carboxylic acids is 3. The minimum absolute atomic E-state index is 0.0558. The van der Waals surface area contributed by atoms with Crippen LogP contribution in [0.2, 0.25) is 0 Å². The fraction of sp³-hybridized carbons (Fsp3) is 0.353. The predicted molar refractivity (Wildman–Crippen MR) is 100 cm³/mol. The lowest BCUT2D eigenvalue weighted by Gasteiger charge is -2.41. The molecule has 3 rings (SSSR count). The zero-order valence-electron chi connectivity index (χ0n) is 14.5. The number of hydrogen-bond acceptors (Lipinski definition) is 8. The van der Waals surface area contributed by atoms with Crippen LogP contribution >= 0.6 is 23.5 Å². The van der Waals surface area contributed by atoms with E-state index in [1.165, 1.54) is 47.9 Å². The lowest BCUT2D eigenvalue weighted by Crippen LogP contribution is -2.57. The van der Waals surface area contributed by atoms with Crippen LogP contribution in [0.15, 0.2) is 34.2 Å². The van der Waals surface area contributed by atoms with Crippen LogP contribution in [0.25, 0.3) is 0 Å². The maximum atomic E-state index is 12.6. The zero-order valence-corrected chi connectivity index (χ0v) is 16.2. The molecule has 8 nitrogen and oxygen atoms in total. The smallest absolute Gasteiger partial charge is 0.357 e. The number of ether oxygens (including phenoxy) is 1. The first-order chi connectivity index (χ1) is 12.8. The third-order valence-corrected chi connectivity index (χ3v) is 6.60. The second kappa shape index (κ2) is 7.73. The molecule has 10 heteroatoms. The van der Waals surface area contributed by atoms with Crippen molar-refractivity contribution < 1.29 is 24.0 Å². The highest BCUT2D eigenvalue weighted by molar-refractivity contribution is 8.29. The van der Waals surface area contributed by atoms with Crippen molar-refractivity contribution in [3.05, 3.63) is 49.9 Å². The van der Waals surface area contributed by atoms with Crippen LogP contribution in [0.4, 0.5) is 5.69 Å². The van der Waals surface area contributed by atoms with Crippen molar-refractivity contribution in [1.82, 2.24) is 4.90 Å². The maximum absolute atomic E-state index is 12.6. The van der Waals surface area contributed by atoms with Crippen LogP contribution in [0.3, 0.4) is 0 Å². The average Bonchev–Trinajstić information content (AvgIpc) is 2.94. The number of carbonyl (C=O) groups is 3. The van der Waals surface area contributed by atoms with E-state index < -0.39 is 10.9 Å². The van der Waals surface area contributed by atoms with Gasteiger partial charge in [-0.05, 0) is 35.9 Å². The quantitative estimate of drug-likeness (QED) is 0.306. The highest BCUT2D eigenvalue weighted by Crippen LogP contribution is 2.54. The van der Waals surface area contributed by atoms with E-state index in [2.05, 4.69) is 0 Å². The average molecular weight is 408 g/mol. The molecule has 1 aromatic carbocycles. The molecule has 1 fully saturated rings. The van der Waals surface area contributed by atoms with Gasteiger partial charge in [-0.15, -0.1) is 0 Å². The fourth-order valence-corrected chi connectivity index (χ4v) is 5.53. The Hall–Kier alpha value is -2.33. The van der Waals surface area contributed by atoms with Crippen molar-refractivity contribution in [3.63, 3.8) is 0 Å². The van der Waals surface area contributed by atoms with E-state index in [4.69, 9.17) is 4.74 Å². The van der Waals surface area contributed by atoms with Crippen molar-refractivity contribution in [3.8, 4) is 0 Å². The SMILES string of the molecule is CCC1C(=O)N2C(C(=O)OCc3ccc([N+](=O)[O-])cc3)=C(SC(C)=O)SC12. The van der Waals surface area contributed by atoms with Gasteiger partial charge in [0.25, 0.3) is 5.69 Å². The normalized spacial score (nSPS) is 21.0. The first kappa shape index (κ1) is 19.4. The molecule has 0 aromatic heterocycles. The van der Waals surface area contributed by atoms with E-state index in [1.54, 1.807) is 0 Å². The van der Waals surface area contributed by atoms with Gasteiger partial charge in [-0.2, -0.15) is 0 Å². The van der Waals surface area contributed by atoms with Gasteiger partial charge in [-0.3, -0.25) is 24.6 Å². The van der Waals surface area contributed by atoms with Crippen LogP contribution in [0.1, 0.15) is 25.8 Å². The summed E-state index contributed by atoms with van der Waals surface area (Å²) < 4.78 is 5.77. The van der Waals surface area contributed by atoms with Gasteiger partial charge in [0.2, 0.25) is 5.91 Å². The van der Waals surface area contributed by atoms with E-state index in [0.29, 0.717) is 16.2 Å². The van der Waals surface area contributed by atoms with Crippen LogP contribution < -0.4 is 0 Å². The first-order valence-electron chi connectivity index (χ1n) is 8.16. The molecule has 0 spiro atoms. The van der Waals surface area contributed by atoms with Crippen LogP contribution in [-0.2, 0) is 25.7 Å². The molecular weight excluding hydrogens is 392 g/mol. The zero-order chi connectivity index (χ0) is 19.7. The summed E-state index contributed by atoms with van der Waals surface area (Å²) >= 11 is 2.26. The number of thioether (sulfide) groups is 2. The number of hydrogen-bond donors (Lipinski definition) is 0. The molecule has 2 unspecified atom stereocenters. The molecule has 1 amide bonds. The van der Waals surface area contributed by atoms with Gasteiger partial charge < -0.3 is 4.74 Å². The number of nitro groups is 1. The molecule has 0 N–H and O–H groups in total. The summed E-state index contributed by atoms with van der Waals surface area (Å²) in [5.74, 6) is -0.996. The Labute approximate surface area is 163 Å². The van der Waals surface area contributed by atoms with Gasteiger partial charge in [0.1, 0.15) is 6.61 Å². The monoisotopic (exact) mass is 408 g/mol. The number of β-lactam (4-membered cyclic amide) rings is 1. The lowest BCUT2D eigenvalue weighted by molar-refractivity contribution is -0.384. The molecular formula is C17H16N2O6S2. The minimum atomic E-state index is -0.685. The van der Waals surface area contributed by atoms with Crippen molar-refractivity contribution >= 4 is 46.2 Å². The number of nitro benzene ring substituents is 1. The van der Waals surface area contributed by atoms with Crippen LogP contribution in [0, 0.1) is 16.0 Å². The van der Waals surface area contributed by atoms with Gasteiger partial charge in [0.05, 0.1) is 20.5 Å². The molecule has 0 bridgehead atoms. The Bertz CT molecular complexity index is 851. The van der Waals surface area contributed by atoms with Crippen molar-refractivity contribution in [2.75, 3.05) is 0 Å². The lowest BCUT2D eigenvalue weighted by atomic mass is 9.95. The number of fused-ring (bicyclic) bond motifs is 1. The highest BCUT2D eigenvalue weighted by Gasteiger charge is 2.55. The molecule has 0 aliphatic carbocycles. The summed E-state index contributed by atoms with van der Waals surface area (Å²) in [6.07, 6.45) is 0.663. The summed E-state index contributed by atoms with van der Waals surface area (Å²) in [7, 11) is 0. The summed E-state index contributed by atoms with van der Waals surface area (Å²) in [6, 6.07) is 5.65. The Morgan fingerprint density at radius 1 is 1.33 bits per heavy atom. The second-order valence-electron chi connectivity index (χ2n) is 5.96. The summed E-state index contributed by atoms with van der Waals surface area (Å²) in [5, 5.41) is 10.3. The van der Waals surface area contributed by atoms with Gasteiger partial charge in [-0.25, -0.2) is 4.79 Å². The third-order valence-electron chi connectivity index (χ3n) is 4.20. The number of non-ortho nitro benzene ring substituents is 1. The van der Waals surface area contributed by atoms with E-state index in [1.807, 2.05) is 6.92 Å². The second-order valence-corrected chi connectivity index (χ2v) is 8.53. The standard InChI is InChI=1S/C17H16N2O6S2/c1-3-12-14(21)18-13(17(26-9(2)20)27-15(12)18)16(22)25-8-10-4-6-11(7-5-10)19(23)24/h4-7,12,15H,3,8H2,1-2H3. The summed E-state index contributed by atoms with van der Waals surface area (Å²) in [6.45, 7) is 3.21. The Morgan fingerprint density at radius 2 is 2.00 bits per heavy atom. The van der Waals surface area contributed by atoms with Gasteiger partial charge in [0.15, 0.2) is 10.8 Å². The maximum Gasteiger partial charge on any atom is 0.357 e. The summed E-state index contributed by atoms with van der Waals surface area (Å²) in [5.41, 5.74) is 0.639. The Balaban J connectivity index is 1.73. The van der Waals surface area contributed by atoms with Crippen molar-refractivity contribution in [2.24, 2.45) is 5.92 Å². The van der Waals surface area contributed by atoms with Crippen LogP contribution in [-0.4, -0.2) is 32.2 Å². The van der Waals surface area contributed by atoms with E-state index in [9.17, 15) is 24.5 Å². The van der Waals surface area contributed by atoms with E-state index in [0.717, 1.165) is 11.8 Å². The molecule has 0 saturated carbocycles. The predicted octanol–water partition coefficient (Wildman–Crippen LogP) is 3.03. The van der Waals surface area contributed by atoms with Gasteiger partial charge in [-0.1, -0.05) is 18.7 Å². The Kier molecular flexibility index (Phi) is 5.56.